The molecule has 106 valence electrons. The van der Waals surface area contributed by atoms with Crippen LogP contribution in [0, 0.1) is 6.92 Å². The van der Waals surface area contributed by atoms with Gasteiger partial charge in [-0.25, -0.2) is 4.98 Å². The quantitative estimate of drug-likeness (QED) is 0.574. The van der Waals surface area contributed by atoms with Crippen molar-refractivity contribution < 1.29 is 0 Å². The topological polar surface area (TPSA) is 38.9 Å². The second kappa shape index (κ2) is 5.38. The molecule has 0 unspecified atom stereocenters. The number of nitrogen functional groups attached to an aromatic ring is 1. The van der Waals surface area contributed by atoms with Crippen molar-refractivity contribution in [2.24, 2.45) is 0 Å². The van der Waals surface area contributed by atoms with Crippen molar-refractivity contribution in [2.75, 3.05) is 5.73 Å². The molecule has 0 saturated heterocycles. The van der Waals surface area contributed by atoms with Crippen LogP contribution in [-0.2, 0) is 0 Å². The van der Waals surface area contributed by atoms with E-state index in [1.165, 1.54) is 0 Å². The molecule has 0 aliphatic rings. The molecular formula is C16H11Cl3N2. The zero-order chi connectivity index (χ0) is 15.1. The maximum Gasteiger partial charge on any atom is 0.0932 e. The Morgan fingerprint density at radius 2 is 1.67 bits per heavy atom. The van der Waals surface area contributed by atoms with Crippen LogP contribution in [0.25, 0.3) is 22.2 Å². The van der Waals surface area contributed by atoms with Gasteiger partial charge in [0, 0.05) is 16.6 Å². The summed E-state index contributed by atoms with van der Waals surface area (Å²) in [6.45, 7) is 1.91. The number of fused-ring (bicyclic) bond motifs is 1. The zero-order valence-corrected chi connectivity index (χ0v) is 13.4. The van der Waals surface area contributed by atoms with Crippen molar-refractivity contribution in [3.05, 3.63) is 57.0 Å². The number of nitrogens with zero attached hydrogens (tertiary/aromatic N) is 1. The van der Waals surface area contributed by atoms with Crippen molar-refractivity contribution >= 4 is 51.4 Å². The fourth-order valence-electron chi connectivity index (χ4n) is 2.33. The van der Waals surface area contributed by atoms with Crippen LogP contribution in [0.2, 0.25) is 15.1 Å². The van der Waals surface area contributed by atoms with E-state index in [1.807, 2.05) is 37.3 Å². The first-order chi connectivity index (χ1) is 10.0. The van der Waals surface area contributed by atoms with Gasteiger partial charge in [-0.1, -0.05) is 65.1 Å². The minimum absolute atomic E-state index is 0.370. The van der Waals surface area contributed by atoms with E-state index in [-0.39, 0.29) is 0 Å². The predicted octanol–water partition coefficient (Wildman–Crippen LogP) is 5.75. The molecule has 0 saturated carbocycles. The number of aromatic nitrogens is 1. The molecule has 1 aromatic heterocycles. The Morgan fingerprint density at radius 3 is 2.33 bits per heavy atom. The van der Waals surface area contributed by atoms with Gasteiger partial charge in [0.1, 0.15) is 0 Å². The molecule has 0 radical (unpaired) electrons. The van der Waals surface area contributed by atoms with Gasteiger partial charge >= 0.3 is 0 Å². The maximum absolute atomic E-state index is 6.26. The SMILES string of the molecule is Cc1c(-c2ccccc2)nc2c(Cl)cc(Cl)c(Cl)c2c1N. The molecule has 0 atom stereocenters. The normalized spacial score (nSPS) is 11.0. The molecule has 2 N–H and O–H groups in total. The molecule has 0 spiro atoms. The smallest absolute Gasteiger partial charge is 0.0932 e. The first kappa shape index (κ1) is 14.5. The Morgan fingerprint density at radius 1 is 1.00 bits per heavy atom. The van der Waals surface area contributed by atoms with Crippen LogP contribution in [0.4, 0.5) is 5.69 Å². The predicted molar refractivity (Wildman–Crippen MR) is 91.4 cm³/mol. The first-order valence-corrected chi connectivity index (χ1v) is 7.42. The minimum atomic E-state index is 0.370. The Labute approximate surface area is 137 Å². The average molecular weight is 338 g/mol. The molecule has 0 amide bonds. The highest BCUT2D eigenvalue weighted by Gasteiger charge is 2.17. The lowest BCUT2D eigenvalue weighted by Crippen LogP contribution is -1.99. The van der Waals surface area contributed by atoms with E-state index in [9.17, 15) is 0 Å². The monoisotopic (exact) mass is 336 g/mol. The van der Waals surface area contributed by atoms with Gasteiger partial charge in [-0.2, -0.15) is 0 Å². The number of benzene rings is 2. The Hall–Kier alpha value is -1.48. The third-order valence-electron chi connectivity index (χ3n) is 3.45. The summed E-state index contributed by atoms with van der Waals surface area (Å²) in [5.41, 5.74) is 9.99. The second-order valence-corrected chi connectivity index (χ2v) is 5.94. The molecule has 2 aromatic carbocycles. The van der Waals surface area contributed by atoms with Gasteiger partial charge in [0.15, 0.2) is 0 Å². The molecule has 0 bridgehead atoms. The third-order valence-corrected chi connectivity index (χ3v) is 4.52. The molecule has 0 aliphatic carbocycles. The van der Waals surface area contributed by atoms with Gasteiger partial charge in [-0.15, -0.1) is 0 Å². The second-order valence-electron chi connectivity index (χ2n) is 4.74. The summed E-state index contributed by atoms with van der Waals surface area (Å²) in [4.78, 5) is 4.65. The van der Waals surface area contributed by atoms with Crippen LogP contribution >= 0.6 is 34.8 Å². The lowest BCUT2D eigenvalue weighted by atomic mass is 10.0. The molecule has 3 aromatic rings. The highest BCUT2D eigenvalue weighted by Crippen LogP contribution is 2.41. The van der Waals surface area contributed by atoms with Crippen LogP contribution in [0.1, 0.15) is 5.56 Å². The lowest BCUT2D eigenvalue weighted by molar-refractivity contribution is 1.33. The van der Waals surface area contributed by atoms with E-state index >= 15 is 0 Å². The summed E-state index contributed by atoms with van der Waals surface area (Å²) in [5, 5.41) is 1.79. The van der Waals surface area contributed by atoms with E-state index < -0.39 is 0 Å². The van der Waals surface area contributed by atoms with Crippen molar-refractivity contribution in [1.82, 2.24) is 4.98 Å². The molecule has 5 heteroatoms. The van der Waals surface area contributed by atoms with Crippen molar-refractivity contribution in [1.29, 1.82) is 0 Å². The highest BCUT2D eigenvalue weighted by atomic mass is 35.5. The van der Waals surface area contributed by atoms with E-state index in [4.69, 9.17) is 40.5 Å². The van der Waals surface area contributed by atoms with Crippen LogP contribution in [0.3, 0.4) is 0 Å². The van der Waals surface area contributed by atoms with Gasteiger partial charge in [0.2, 0.25) is 0 Å². The number of anilines is 1. The summed E-state index contributed by atoms with van der Waals surface area (Å²) >= 11 is 18.6. The van der Waals surface area contributed by atoms with E-state index in [1.54, 1.807) is 6.07 Å². The maximum atomic E-state index is 6.26. The molecule has 0 fully saturated rings. The summed E-state index contributed by atoms with van der Waals surface area (Å²) < 4.78 is 0. The Balaban J connectivity index is 2.44. The van der Waals surface area contributed by atoms with Gasteiger partial charge in [-0.05, 0) is 18.6 Å². The Bertz CT molecular complexity index is 846. The number of hydrogen-bond donors (Lipinski definition) is 1. The summed E-state index contributed by atoms with van der Waals surface area (Å²) in [5.74, 6) is 0. The molecule has 0 aliphatic heterocycles. The van der Waals surface area contributed by atoms with Gasteiger partial charge in [-0.3, -0.25) is 0 Å². The first-order valence-electron chi connectivity index (χ1n) is 6.29. The van der Waals surface area contributed by atoms with Gasteiger partial charge in [0.05, 0.1) is 26.3 Å². The summed E-state index contributed by atoms with van der Waals surface area (Å²) in [6.07, 6.45) is 0. The van der Waals surface area contributed by atoms with Gasteiger partial charge in [0.25, 0.3) is 0 Å². The fraction of sp³-hybridized carbons (Fsp3) is 0.0625. The Kier molecular flexibility index (Phi) is 3.70. The fourth-order valence-corrected chi connectivity index (χ4v) is 3.08. The van der Waals surface area contributed by atoms with E-state index in [0.717, 1.165) is 16.8 Å². The van der Waals surface area contributed by atoms with Crippen LogP contribution in [0.15, 0.2) is 36.4 Å². The number of nitrogens with two attached hydrogens (primary N) is 1. The van der Waals surface area contributed by atoms with Crippen molar-refractivity contribution in [3.63, 3.8) is 0 Å². The lowest BCUT2D eigenvalue weighted by Gasteiger charge is -2.14. The zero-order valence-electron chi connectivity index (χ0n) is 11.1. The van der Waals surface area contributed by atoms with E-state index in [0.29, 0.717) is 31.7 Å². The van der Waals surface area contributed by atoms with Crippen molar-refractivity contribution in [2.45, 2.75) is 6.92 Å². The number of rotatable bonds is 1. The highest BCUT2D eigenvalue weighted by molar-refractivity contribution is 6.48. The number of hydrogen-bond acceptors (Lipinski definition) is 2. The average Bonchev–Trinajstić information content (AvgIpc) is 2.48. The largest absolute Gasteiger partial charge is 0.398 e. The van der Waals surface area contributed by atoms with E-state index in [2.05, 4.69) is 4.98 Å². The van der Waals surface area contributed by atoms with Crippen LogP contribution in [0.5, 0.6) is 0 Å². The third kappa shape index (κ3) is 2.34. The molecule has 3 rings (SSSR count). The minimum Gasteiger partial charge on any atom is -0.398 e. The van der Waals surface area contributed by atoms with Crippen molar-refractivity contribution in [3.8, 4) is 11.3 Å². The van der Waals surface area contributed by atoms with Crippen LogP contribution in [-0.4, -0.2) is 4.98 Å². The van der Waals surface area contributed by atoms with Gasteiger partial charge < -0.3 is 5.73 Å². The number of pyridine rings is 1. The standard InChI is InChI=1S/C16H11Cl3N2/c1-8-14(20)12-13(19)10(17)7-11(18)16(12)21-15(8)9-5-3-2-4-6-9/h2-7H,1H3,(H2,20,21). The molecule has 21 heavy (non-hydrogen) atoms. The molecular weight excluding hydrogens is 327 g/mol. The number of halogens is 3. The molecule has 2 nitrogen and oxygen atoms in total. The van der Waals surface area contributed by atoms with Crippen LogP contribution < -0.4 is 5.73 Å². The molecule has 1 heterocycles. The summed E-state index contributed by atoms with van der Waals surface area (Å²) in [7, 11) is 0. The summed E-state index contributed by atoms with van der Waals surface area (Å²) in [6, 6.07) is 11.4.